The summed E-state index contributed by atoms with van der Waals surface area (Å²) < 4.78 is 0. The molecule has 17 heavy (non-hydrogen) atoms. The summed E-state index contributed by atoms with van der Waals surface area (Å²) in [6.45, 7) is 0. The van der Waals surface area contributed by atoms with Gasteiger partial charge in [-0.05, 0) is 24.3 Å². The molecule has 82 valence electrons. The monoisotopic (exact) mass is 240 g/mol. The van der Waals surface area contributed by atoms with Crippen LogP contribution in [0.4, 0.5) is 0 Å². The maximum Gasteiger partial charge on any atom is 0.0725 e. The lowest BCUT2D eigenvalue weighted by molar-refractivity contribution is 1.31. The lowest BCUT2D eigenvalue weighted by Gasteiger charge is -2.04. The predicted molar refractivity (Wildman–Crippen MR) is 70.0 cm³/mol. The van der Waals surface area contributed by atoms with Crippen molar-refractivity contribution in [2.24, 2.45) is 0 Å². The van der Waals surface area contributed by atoms with Gasteiger partial charge in [0.05, 0.1) is 16.2 Å². The van der Waals surface area contributed by atoms with Gasteiger partial charge in [-0.15, -0.1) is 0 Å². The number of pyridine rings is 2. The van der Waals surface area contributed by atoms with Crippen LogP contribution in [0.5, 0.6) is 0 Å². The minimum Gasteiger partial charge on any atom is -0.265 e. The molecule has 1 aromatic carbocycles. The minimum absolute atomic E-state index is 0.724. The third kappa shape index (κ3) is 1.87. The van der Waals surface area contributed by atoms with Gasteiger partial charge in [0.2, 0.25) is 0 Å². The lowest BCUT2D eigenvalue weighted by atomic mass is 10.1. The third-order valence-electron chi connectivity index (χ3n) is 2.64. The van der Waals surface area contributed by atoms with Crippen LogP contribution in [-0.4, -0.2) is 9.97 Å². The second-order valence-corrected chi connectivity index (χ2v) is 4.15. The Morgan fingerprint density at radius 2 is 1.71 bits per heavy atom. The maximum atomic E-state index is 6.26. The van der Waals surface area contributed by atoms with Crippen molar-refractivity contribution in [3.8, 4) is 11.3 Å². The molecule has 3 rings (SSSR count). The molecule has 2 aromatic heterocycles. The normalized spacial score (nSPS) is 10.6. The SMILES string of the molecule is Clc1cc(-c2ccncc2)nc2ccccc12. The molecule has 0 spiro atoms. The Morgan fingerprint density at radius 3 is 2.53 bits per heavy atom. The number of fused-ring (bicyclic) bond motifs is 1. The van der Waals surface area contributed by atoms with Crippen molar-refractivity contribution in [3.05, 3.63) is 59.9 Å². The van der Waals surface area contributed by atoms with Gasteiger partial charge in [-0.2, -0.15) is 0 Å². The summed E-state index contributed by atoms with van der Waals surface area (Å²) in [5.41, 5.74) is 2.80. The van der Waals surface area contributed by atoms with Crippen molar-refractivity contribution in [2.45, 2.75) is 0 Å². The summed E-state index contributed by atoms with van der Waals surface area (Å²) in [4.78, 5) is 8.59. The molecular formula is C14H9ClN2. The van der Waals surface area contributed by atoms with Crippen LogP contribution in [0.2, 0.25) is 5.02 Å². The summed E-state index contributed by atoms with van der Waals surface area (Å²) in [6, 6.07) is 13.6. The summed E-state index contributed by atoms with van der Waals surface area (Å²) in [6.07, 6.45) is 3.50. The largest absolute Gasteiger partial charge is 0.265 e. The highest BCUT2D eigenvalue weighted by molar-refractivity contribution is 6.35. The Bertz CT molecular complexity index is 665. The molecule has 0 aliphatic heterocycles. The van der Waals surface area contributed by atoms with Gasteiger partial charge in [0.1, 0.15) is 0 Å². The number of benzene rings is 1. The van der Waals surface area contributed by atoms with Crippen LogP contribution >= 0.6 is 11.6 Å². The molecule has 0 bridgehead atoms. The fourth-order valence-electron chi connectivity index (χ4n) is 1.80. The van der Waals surface area contributed by atoms with Crippen LogP contribution in [0.25, 0.3) is 22.2 Å². The van der Waals surface area contributed by atoms with E-state index >= 15 is 0 Å². The molecule has 0 radical (unpaired) electrons. The number of hydrogen-bond donors (Lipinski definition) is 0. The van der Waals surface area contributed by atoms with Crippen LogP contribution in [0.1, 0.15) is 0 Å². The van der Waals surface area contributed by atoms with E-state index in [1.807, 2.05) is 42.5 Å². The van der Waals surface area contributed by atoms with E-state index in [1.54, 1.807) is 12.4 Å². The molecule has 0 fully saturated rings. The van der Waals surface area contributed by atoms with E-state index in [9.17, 15) is 0 Å². The summed E-state index contributed by atoms with van der Waals surface area (Å²) in [5.74, 6) is 0. The molecule has 2 heterocycles. The first-order chi connectivity index (χ1) is 8.34. The number of para-hydroxylation sites is 1. The number of halogens is 1. The van der Waals surface area contributed by atoms with Crippen molar-refractivity contribution in [2.75, 3.05) is 0 Å². The highest BCUT2D eigenvalue weighted by Gasteiger charge is 2.05. The molecule has 0 aliphatic carbocycles. The molecule has 0 amide bonds. The Morgan fingerprint density at radius 1 is 0.941 bits per heavy atom. The van der Waals surface area contributed by atoms with Crippen molar-refractivity contribution in [1.29, 1.82) is 0 Å². The van der Waals surface area contributed by atoms with Crippen LogP contribution in [0, 0.1) is 0 Å². The number of aromatic nitrogens is 2. The van der Waals surface area contributed by atoms with Crippen molar-refractivity contribution >= 4 is 22.5 Å². The van der Waals surface area contributed by atoms with E-state index in [0.717, 1.165) is 27.2 Å². The van der Waals surface area contributed by atoms with Crippen LogP contribution in [0.3, 0.4) is 0 Å². The Labute approximate surface area is 104 Å². The summed E-state index contributed by atoms with van der Waals surface area (Å²) in [7, 11) is 0. The van der Waals surface area contributed by atoms with Gasteiger partial charge in [0, 0.05) is 23.3 Å². The molecule has 0 saturated heterocycles. The first kappa shape index (κ1) is 10.2. The molecule has 3 aromatic rings. The van der Waals surface area contributed by atoms with E-state index in [1.165, 1.54) is 0 Å². The summed E-state index contributed by atoms with van der Waals surface area (Å²) >= 11 is 6.26. The topological polar surface area (TPSA) is 25.8 Å². The average molecular weight is 241 g/mol. The molecule has 3 heteroatoms. The number of nitrogens with zero attached hydrogens (tertiary/aromatic N) is 2. The standard InChI is InChI=1S/C14H9ClN2/c15-12-9-14(10-5-7-16-8-6-10)17-13-4-2-1-3-11(12)13/h1-9H. The molecule has 0 unspecified atom stereocenters. The second-order valence-electron chi connectivity index (χ2n) is 3.74. The van der Waals surface area contributed by atoms with E-state index in [4.69, 9.17) is 11.6 Å². The first-order valence-electron chi connectivity index (χ1n) is 5.30. The van der Waals surface area contributed by atoms with Gasteiger partial charge >= 0.3 is 0 Å². The predicted octanol–water partition coefficient (Wildman–Crippen LogP) is 3.95. The average Bonchev–Trinajstić information content (AvgIpc) is 2.40. The van der Waals surface area contributed by atoms with Crippen molar-refractivity contribution < 1.29 is 0 Å². The fourth-order valence-corrected chi connectivity index (χ4v) is 2.07. The number of hydrogen-bond acceptors (Lipinski definition) is 2. The van der Waals surface area contributed by atoms with E-state index < -0.39 is 0 Å². The van der Waals surface area contributed by atoms with Gasteiger partial charge < -0.3 is 0 Å². The first-order valence-corrected chi connectivity index (χ1v) is 5.68. The van der Waals surface area contributed by atoms with E-state index in [2.05, 4.69) is 9.97 Å². The van der Waals surface area contributed by atoms with Gasteiger partial charge in [-0.3, -0.25) is 4.98 Å². The molecule has 0 aliphatic rings. The third-order valence-corrected chi connectivity index (χ3v) is 2.95. The lowest BCUT2D eigenvalue weighted by Crippen LogP contribution is -1.86. The summed E-state index contributed by atoms with van der Waals surface area (Å²) in [5, 5.41) is 1.70. The Kier molecular flexibility index (Phi) is 2.50. The minimum atomic E-state index is 0.724. The van der Waals surface area contributed by atoms with Crippen molar-refractivity contribution in [3.63, 3.8) is 0 Å². The Hall–Kier alpha value is -1.93. The van der Waals surface area contributed by atoms with Gasteiger partial charge in [0.15, 0.2) is 0 Å². The van der Waals surface area contributed by atoms with E-state index in [0.29, 0.717) is 0 Å². The molecule has 0 N–H and O–H groups in total. The van der Waals surface area contributed by atoms with Crippen LogP contribution in [-0.2, 0) is 0 Å². The number of rotatable bonds is 1. The fraction of sp³-hybridized carbons (Fsp3) is 0. The molecule has 0 saturated carbocycles. The smallest absolute Gasteiger partial charge is 0.0725 e. The van der Waals surface area contributed by atoms with Crippen LogP contribution < -0.4 is 0 Å². The molecule has 0 atom stereocenters. The van der Waals surface area contributed by atoms with Gasteiger partial charge in [-0.25, -0.2) is 4.98 Å². The molecule has 2 nitrogen and oxygen atoms in total. The Balaban J connectivity index is 2.26. The van der Waals surface area contributed by atoms with E-state index in [-0.39, 0.29) is 0 Å². The van der Waals surface area contributed by atoms with Gasteiger partial charge in [0.25, 0.3) is 0 Å². The quantitative estimate of drug-likeness (QED) is 0.644. The second kappa shape index (κ2) is 4.15. The highest BCUT2D eigenvalue weighted by Crippen LogP contribution is 2.27. The van der Waals surface area contributed by atoms with Crippen LogP contribution in [0.15, 0.2) is 54.9 Å². The van der Waals surface area contributed by atoms with Gasteiger partial charge in [-0.1, -0.05) is 29.8 Å². The zero-order valence-corrected chi connectivity index (χ0v) is 9.72. The zero-order chi connectivity index (χ0) is 11.7. The van der Waals surface area contributed by atoms with Crippen molar-refractivity contribution in [1.82, 2.24) is 9.97 Å². The zero-order valence-electron chi connectivity index (χ0n) is 8.97. The molecular weight excluding hydrogens is 232 g/mol. The highest BCUT2D eigenvalue weighted by atomic mass is 35.5. The maximum absolute atomic E-state index is 6.26.